The van der Waals surface area contributed by atoms with E-state index in [9.17, 15) is 13.2 Å². The fourth-order valence-electron chi connectivity index (χ4n) is 2.64. The smallest absolute Gasteiger partial charge is 0.291 e. The Labute approximate surface area is 151 Å². The largest absolute Gasteiger partial charge is 0.497 e. The van der Waals surface area contributed by atoms with Crippen molar-refractivity contribution in [2.24, 2.45) is 0 Å². The van der Waals surface area contributed by atoms with Crippen molar-refractivity contribution < 1.29 is 13.2 Å². The molecule has 0 spiro atoms. The highest BCUT2D eigenvalue weighted by molar-refractivity contribution is 7.89. The summed E-state index contributed by atoms with van der Waals surface area (Å²) in [7, 11) is -2.20. The predicted molar refractivity (Wildman–Crippen MR) is 96.9 cm³/mol. The van der Waals surface area contributed by atoms with Crippen LogP contribution in [0.2, 0.25) is 0 Å². The fraction of sp³-hybridized carbons (Fsp3) is 0.294. The second-order valence-electron chi connectivity index (χ2n) is 5.77. The molecule has 0 aliphatic heterocycles. The van der Waals surface area contributed by atoms with Gasteiger partial charge in [-0.2, -0.15) is 5.10 Å². The standard InChI is InChI=1S/C17H20N4O4S/c1-4-21-17(22)16-9-15(11-20(16)12(2)19-21)26(23,24)18-10-13-5-7-14(25-3)8-6-13/h5-9,11,18H,4,10H2,1-3H3. The molecule has 0 bridgehead atoms. The molecule has 0 fully saturated rings. The van der Waals surface area contributed by atoms with Crippen LogP contribution in [0.25, 0.3) is 5.52 Å². The molecule has 2 aromatic heterocycles. The number of rotatable bonds is 6. The molecule has 138 valence electrons. The van der Waals surface area contributed by atoms with Crippen LogP contribution in [-0.2, 0) is 23.1 Å². The Hall–Kier alpha value is -2.65. The van der Waals surface area contributed by atoms with E-state index in [1.54, 1.807) is 45.2 Å². The van der Waals surface area contributed by atoms with Gasteiger partial charge in [0.15, 0.2) is 0 Å². The number of methoxy groups -OCH3 is 1. The van der Waals surface area contributed by atoms with Crippen molar-refractivity contribution in [3.05, 3.63) is 58.3 Å². The minimum atomic E-state index is -3.77. The molecule has 0 atom stereocenters. The number of fused-ring (bicyclic) bond motifs is 1. The summed E-state index contributed by atoms with van der Waals surface area (Å²) >= 11 is 0. The van der Waals surface area contributed by atoms with Crippen molar-refractivity contribution in [2.45, 2.75) is 31.8 Å². The molecule has 2 heterocycles. The van der Waals surface area contributed by atoms with Crippen molar-refractivity contribution in [2.75, 3.05) is 7.11 Å². The Morgan fingerprint density at radius 1 is 1.23 bits per heavy atom. The third kappa shape index (κ3) is 3.35. The molecule has 3 rings (SSSR count). The third-order valence-electron chi connectivity index (χ3n) is 4.10. The second-order valence-corrected chi connectivity index (χ2v) is 7.54. The second kappa shape index (κ2) is 6.93. The lowest BCUT2D eigenvalue weighted by Gasteiger charge is -2.06. The number of benzene rings is 1. The fourth-order valence-corrected chi connectivity index (χ4v) is 3.67. The van der Waals surface area contributed by atoms with Crippen molar-refractivity contribution in [3.63, 3.8) is 0 Å². The Morgan fingerprint density at radius 3 is 2.54 bits per heavy atom. The van der Waals surface area contributed by atoms with Gasteiger partial charge < -0.3 is 4.74 Å². The summed E-state index contributed by atoms with van der Waals surface area (Å²) in [6.45, 7) is 4.08. The van der Waals surface area contributed by atoms with E-state index < -0.39 is 10.0 Å². The van der Waals surface area contributed by atoms with E-state index in [0.717, 1.165) is 5.56 Å². The first-order valence-electron chi connectivity index (χ1n) is 8.08. The molecule has 0 amide bonds. The molecule has 0 aliphatic carbocycles. The van der Waals surface area contributed by atoms with Gasteiger partial charge in [-0.1, -0.05) is 12.1 Å². The average molecular weight is 376 g/mol. The van der Waals surface area contributed by atoms with E-state index in [1.807, 2.05) is 0 Å². The van der Waals surface area contributed by atoms with Crippen LogP contribution < -0.4 is 15.0 Å². The van der Waals surface area contributed by atoms with Crippen molar-refractivity contribution >= 4 is 15.5 Å². The van der Waals surface area contributed by atoms with Crippen LogP contribution in [0, 0.1) is 6.92 Å². The number of hydrogen-bond acceptors (Lipinski definition) is 5. The van der Waals surface area contributed by atoms with Gasteiger partial charge in [0.25, 0.3) is 5.56 Å². The van der Waals surface area contributed by atoms with Gasteiger partial charge in [0.2, 0.25) is 10.0 Å². The number of nitrogens with one attached hydrogen (secondary N) is 1. The summed E-state index contributed by atoms with van der Waals surface area (Å²) in [6, 6.07) is 8.47. The monoisotopic (exact) mass is 376 g/mol. The molecule has 9 heteroatoms. The molecule has 0 aliphatic rings. The SMILES string of the molecule is CCn1nc(C)n2cc(S(=O)(=O)NCc3ccc(OC)cc3)cc2c1=O. The maximum atomic E-state index is 12.6. The first-order valence-corrected chi connectivity index (χ1v) is 9.56. The quantitative estimate of drug-likeness (QED) is 0.700. The number of aromatic nitrogens is 3. The van der Waals surface area contributed by atoms with Gasteiger partial charge in [-0.05, 0) is 37.6 Å². The molecule has 0 radical (unpaired) electrons. The Balaban J connectivity index is 1.90. The van der Waals surface area contributed by atoms with Gasteiger partial charge in [-0.3, -0.25) is 9.20 Å². The van der Waals surface area contributed by atoms with Crippen molar-refractivity contribution in [3.8, 4) is 5.75 Å². The van der Waals surface area contributed by atoms with Crippen LogP contribution in [-0.4, -0.2) is 29.7 Å². The summed E-state index contributed by atoms with van der Waals surface area (Å²) in [5.74, 6) is 1.24. The zero-order valence-electron chi connectivity index (χ0n) is 14.8. The van der Waals surface area contributed by atoms with Gasteiger partial charge in [0, 0.05) is 19.3 Å². The zero-order valence-corrected chi connectivity index (χ0v) is 15.6. The number of sulfonamides is 1. The van der Waals surface area contributed by atoms with Crippen molar-refractivity contribution in [1.29, 1.82) is 0 Å². The molecule has 0 saturated heterocycles. The minimum absolute atomic E-state index is 0.0295. The first kappa shape index (κ1) is 18.2. The van der Waals surface area contributed by atoms with E-state index in [-0.39, 0.29) is 22.5 Å². The molecule has 26 heavy (non-hydrogen) atoms. The Morgan fingerprint density at radius 2 is 1.92 bits per heavy atom. The molecule has 8 nitrogen and oxygen atoms in total. The first-order chi connectivity index (χ1) is 12.4. The molecule has 3 aromatic rings. The molecule has 1 N–H and O–H groups in total. The zero-order chi connectivity index (χ0) is 18.9. The predicted octanol–water partition coefficient (Wildman–Crippen LogP) is 1.31. The van der Waals surface area contributed by atoms with Gasteiger partial charge in [-0.25, -0.2) is 17.8 Å². The third-order valence-corrected chi connectivity index (χ3v) is 5.47. The number of hydrogen-bond donors (Lipinski definition) is 1. The lowest BCUT2D eigenvalue weighted by atomic mass is 10.2. The summed E-state index contributed by atoms with van der Waals surface area (Å²) in [5, 5.41) is 4.16. The van der Waals surface area contributed by atoms with E-state index >= 15 is 0 Å². The van der Waals surface area contributed by atoms with E-state index in [4.69, 9.17) is 4.74 Å². The molecule has 0 saturated carbocycles. The maximum absolute atomic E-state index is 12.6. The topological polar surface area (TPSA) is 94.7 Å². The number of aryl methyl sites for hydroxylation is 2. The van der Waals surface area contributed by atoms with E-state index in [1.165, 1.54) is 21.3 Å². The van der Waals surface area contributed by atoms with Crippen molar-refractivity contribution in [1.82, 2.24) is 18.9 Å². The summed E-state index contributed by atoms with van der Waals surface area (Å²) in [6.07, 6.45) is 1.41. The summed E-state index contributed by atoms with van der Waals surface area (Å²) in [4.78, 5) is 12.4. The number of ether oxygens (including phenoxy) is 1. The lowest BCUT2D eigenvalue weighted by Crippen LogP contribution is -2.25. The van der Waals surface area contributed by atoms with Crippen LogP contribution in [0.4, 0.5) is 0 Å². The van der Waals surface area contributed by atoms with Gasteiger partial charge in [-0.15, -0.1) is 0 Å². The van der Waals surface area contributed by atoms with Gasteiger partial charge >= 0.3 is 0 Å². The van der Waals surface area contributed by atoms with Gasteiger partial charge in [0.05, 0.1) is 7.11 Å². The molecular formula is C17H20N4O4S. The molecular weight excluding hydrogens is 356 g/mol. The highest BCUT2D eigenvalue weighted by Crippen LogP contribution is 2.15. The molecule has 1 aromatic carbocycles. The van der Waals surface area contributed by atoms with Crippen LogP contribution in [0.15, 0.2) is 46.2 Å². The maximum Gasteiger partial charge on any atom is 0.291 e. The number of nitrogens with zero attached hydrogens (tertiary/aromatic N) is 3. The summed E-state index contributed by atoms with van der Waals surface area (Å²) in [5.41, 5.74) is 0.753. The lowest BCUT2D eigenvalue weighted by molar-refractivity contribution is 0.414. The van der Waals surface area contributed by atoms with Crippen LogP contribution in [0.3, 0.4) is 0 Å². The Kier molecular flexibility index (Phi) is 4.84. The normalized spacial score (nSPS) is 11.8. The van der Waals surface area contributed by atoms with E-state index in [2.05, 4.69) is 9.82 Å². The van der Waals surface area contributed by atoms with Crippen LogP contribution in [0.5, 0.6) is 5.75 Å². The highest BCUT2D eigenvalue weighted by Gasteiger charge is 2.19. The van der Waals surface area contributed by atoms with Gasteiger partial charge in [0.1, 0.15) is 22.0 Å². The van der Waals surface area contributed by atoms with Crippen LogP contribution >= 0.6 is 0 Å². The van der Waals surface area contributed by atoms with E-state index in [0.29, 0.717) is 18.1 Å². The molecule has 0 unspecified atom stereocenters. The summed E-state index contributed by atoms with van der Waals surface area (Å²) < 4.78 is 35.6. The highest BCUT2D eigenvalue weighted by atomic mass is 32.2. The minimum Gasteiger partial charge on any atom is -0.497 e. The van der Waals surface area contributed by atoms with Crippen LogP contribution in [0.1, 0.15) is 18.3 Å². The Bertz CT molecular complexity index is 1100. The average Bonchev–Trinajstić information content (AvgIpc) is 3.11.